The SMILES string of the molecule is CCCC(C)CC(CNc1ncc(OC(=O)Oc2ccccc2)cn1)c1ccccc1. The van der Waals surface area contributed by atoms with Gasteiger partial charge >= 0.3 is 6.16 Å². The van der Waals surface area contributed by atoms with Gasteiger partial charge < -0.3 is 14.8 Å². The van der Waals surface area contributed by atoms with Gasteiger partial charge in [0, 0.05) is 12.5 Å². The Morgan fingerprint density at radius 1 is 0.935 bits per heavy atom. The van der Waals surface area contributed by atoms with Crippen molar-refractivity contribution in [2.45, 2.75) is 39.0 Å². The van der Waals surface area contributed by atoms with Crippen LogP contribution >= 0.6 is 0 Å². The molecular formula is C25H29N3O3. The van der Waals surface area contributed by atoms with Crippen LogP contribution in [0.2, 0.25) is 0 Å². The predicted octanol–water partition coefficient (Wildman–Crippen LogP) is 6.08. The number of nitrogens with one attached hydrogen (secondary N) is 1. The Labute approximate surface area is 183 Å². The summed E-state index contributed by atoms with van der Waals surface area (Å²) < 4.78 is 10.2. The Balaban J connectivity index is 1.55. The summed E-state index contributed by atoms with van der Waals surface area (Å²) in [7, 11) is 0. The van der Waals surface area contributed by atoms with Crippen molar-refractivity contribution in [3.8, 4) is 11.5 Å². The fourth-order valence-electron chi connectivity index (χ4n) is 3.54. The van der Waals surface area contributed by atoms with Gasteiger partial charge in [-0.15, -0.1) is 0 Å². The molecule has 0 amide bonds. The molecule has 0 fully saturated rings. The first-order valence-electron chi connectivity index (χ1n) is 10.7. The molecule has 3 rings (SSSR count). The molecule has 2 atom stereocenters. The van der Waals surface area contributed by atoms with Gasteiger partial charge in [0.25, 0.3) is 0 Å². The number of anilines is 1. The maximum atomic E-state index is 11.9. The van der Waals surface area contributed by atoms with E-state index in [1.807, 2.05) is 12.1 Å². The number of aromatic nitrogens is 2. The van der Waals surface area contributed by atoms with Crippen molar-refractivity contribution in [1.29, 1.82) is 0 Å². The molecule has 0 aliphatic carbocycles. The summed E-state index contributed by atoms with van der Waals surface area (Å²) in [6.45, 7) is 5.25. The summed E-state index contributed by atoms with van der Waals surface area (Å²) >= 11 is 0. The van der Waals surface area contributed by atoms with E-state index >= 15 is 0 Å². The smallest absolute Gasteiger partial charge is 0.395 e. The molecule has 0 saturated carbocycles. The number of para-hydroxylation sites is 1. The third kappa shape index (κ3) is 7.41. The average molecular weight is 420 g/mol. The molecule has 0 aliphatic rings. The minimum absolute atomic E-state index is 0.225. The number of nitrogens with zero attached hydrogens (tertiary/aromatic N) is 2. The number of carbonyl (C=O) groups excluding carboxylic acids is 1. The number of benzene rings is 2. The molecule has 2 unspecified atom stereocenters. The zero-order chi connectivity index (χ0) is 21.9. The molecule has 6 heteroatoms. The highest BCUT2D eigenvalue weighted by atomic mass is 16.7. The van der Waals surface area contributed by atoms with Crippen LogP contribution in [0.25, 0.3) is 0 Å². The monoisotopic (exact) mass is 419 g/mol. The number of rotatable bonds is 10. The number of ether oxygens (including phenoxy) is 2. The van der Waals surface area contributed by atoms with E-state index < -0.39 is 6.16 Å². The van der Waals surface area contributed by atoms with Gasteiger partial charge in [0.1, 0.15) is 5.75 Å². The zero-order valence-corrected chi connectivity index (χ0v) is 18.0. The van der Waals surface area contributed by atoms with Crippen LogP contribution < -0.4 is 14.8 Å². The minimum atomic E-state index is -0.829. The van der Waals surface area contributed by atoms with Gasteiger partial charge in [-0.1, -0.05) is 75.2 Å². The molecule has 31 heavy (non-hydrogen) atoms. The van der Waals surface area contributed by atoms with Crippen LogP contribution in [0.15, 0.2) is 73.1 Å². The van der Waals surface area contributed by atoms with Gasteiger partial charge in [-0.2, -0.15) is 0 Å². The highest BCUT2D eigenvalue weighted by Crippen LogP contribution is 2.26. The summed E-state index contributed by atoms with van der Waals surface area (Å²) in [5, 5.41) is 3.32. The zero-order valence-electron chi connectivity index (χ0n) is 18.0. The Morgan fingerprint density at radius 2 is 1.55 bits per heavy atom. The molecule has 0 spiro atoms. The first kappa shape index (κ1) is 22.3. The Hall–Kier alpha value is -3.41. The van der Waals surface area contributed by atoms with Crippen LogP contribution in [-0.2, 0) is 0 Å². The number of hydrogen-bond donors (Lipinski definition) is 1. The highest BCUT2D eigenvalue weighted by Gasteiger charge is 2.16. The van der Waals surface area contributed by atoms with Crippen LogP contribution in [0.1, 0.15) is 44.6 Å². The van der Waals surface area contributed by atoms with Gasteiger partial charge in [-0.25, -0.2) is 14.8 Å². The summed E-state index contributed by atoms with van der Waals surface area (Å²) in [5.74, 6) is 2.14. The van der Waals surface area contributed by atoms with Crippen LogP contribution in [0.3, 0.4) is 0 Å². The topological polar surface area (TPSA) is 73.3 Å². The van der Waals surface area contributed by atoms with Gasteiger partial charge in [0.05, 0.1) is 12.4 Å². The van der Waals surface area contributed by atoms with E-state index in [4.69, 9.17) is 9.47 Å². The standard InChI is InChI=1S/C25H29N3O3/c1-3-10-19(2)15-21(20-11-6-4-7-12-20)16-26-24-27-17-23(18-28-24)31-25(29)30-22-13-8-5-9-14-22/h4-9,11-14,17-19,21H,3,10,15-16H2,1-2H3,(H,26,27,28). The van der Waals surface area contributed by atoms with E-state index in [0.717, 1.165) is 13.0 Å². The van der Waals surface area contributed by atoms with Crippen molar-refractivity contribution < 1.29 is 14.3 Å². The van der Waals surface area contributed by atoms with Crippen LogP contribution in [-0.4, -0.2) is 22.7 Å². The average Bonchev–Trinajstić information content (AvgIpc) is 2.79. The lowest BCUT2D eigenvalue weighted by atomic mass is 9.87. The minimum Gasteiger partial charge on any atom is -0.395 e. The second kappa shape index (κ2) is 11.7. The van der Waals surface area contributed by atoms with Gasteiger partial charge in [0.15, 0.2) is 5.75 Å². The lowest BCUT2D eigenvalue weighted by Gasteiger charge is -2.22. The second-order valence-electron chi connectivity index (χ2n) is 7.63. The predicted molar refractivity (Wildman–Crippen MR) is 121 cm³/mol. The molecule has 0 radical (unpaired) electrons. The molecule has 0 aliphatic heterocycles. The third-order valence-electron chi connectivity index (χ3n) is 5.02. The molecule has 0 bridgehead atoms. The third-order valence-corrected chi connectivity index (χ3v) is 5.02. The highest BCUT2D eigenvalue weighted by molar-refractivity contribution is 5.66. The van der Waals surface area contributed by atoms with Crippen LogP contribution in [0.4, 0.5) is 10.7 Å². The van der Waals surface area contributed by atoms with Crippen molar-refractivity contribution in [2.24, 2.45) is 5.92 Å². The quantitative estimate of drug-likeness (QED) is 0.317. The van der Waals surface area contributed by atoms with Crippen molar-refractivity contribution in [2.75, 3.05) is 11.9 Å². The summed E-state index contributed by atoms with van der Waals surface area (Å²) in [4.78, 5) is 20.4. The number of hydrogen-bond acceptors (Lipinski definition) is 6. The van der Waals surface area contributed by atoms with Crippen molar-refractivity contribution in [3.63, 3.8) is 0 Å². The fourth-order valence-corrected chi connectivity index (χ4v) is 3.54. The Bertz CT molecular complexity index is 918. The number of carbonyl (C=O) groups is 1. The summed E-state index contributed by atoms with van der Waals surface area (Å²) in [6.07, 6.45) is 5.58. The lowest BCUT2D eigenvalue weighted by Crippen LogP contribution is -2.17. The molecule has 162 valence electrons. The van der Waals surface area contributed by atoms with E-state index in [1.165, 1.54) is 30.8 Å². The van der Waals surface area contributed by atoms with E-state index in [2.05, 4.69) is 53.4 Å². The van der Waals surface area contributed by atoms with Crippen molar-refractivity contribution in [3.05, 3.63) is 78.6 Å². The van der Waals surface area contributed by atoms with E-state index in [0.29, 0.717) is 23.5 Å². The van der Waals surface area contributed by atoms with E-state index in [-0.39, 0.29) is 5.75 Å². The van der Waals surface area contributed by atoms with Gasteiger partial charge in [0.2, 0.25) is 5.95 Å². The van der Waals surface area contributed by atoms with E-state index in [1.54, 1.807) is 24.3 Å². The summed E-state index contributed by atoms with van der Waals surface area (Å²) in [6, 6.07) is 19.3. The normalized spacial score (nSPS) is 12.6. The first-order valence-corrected chi connectivity index (χ1v) is 10.7. The fraction of sp³-hybridized carbons (Fsp3) is 0.320. The van der Waals surface area contributed by atoms with Crippen LogP contribution in [0.5, 0.6) is 11.5 Å². The molecular weight excluding hydrogens is 390 g/mol. The molecule has 3 aromatic rings. The maximum absolute atomic E-state index is 11.9. The molecule has 1 N–H and O–H groups in total. The Kier molecular flexibility index (Phi) is 8.40. The van der Waals surface area contributed by atoms with Crippen molar-refractivity contribution >= 4 is 12.1 Å². The molecule has 1 aromatic heterocycles. The van der Waals surface area contributed by atoms with Crippen LogP contribution in [0, 0.1) is 5.92 Å². The van der Waals surface area contributed by atoms with Gasteiger partial charge in [-0.05, 0) is 30.0 Å². The maximum Gasteiger partial charge on any atom is 0.519 e. The van der Waals surface area contributed by atoms with Crippen molar-refractivity contribution in [1.82, 2.24) is 9.97 Å². The summed E-state index contributed by atoms with van der Waals surface area (Å²) in [5.41, 5.74) is 1.31. The van der Waals surface area contributed by atoms with E-state index in [9.17, 15) is 4.79 Å². The Morgan fingerprint density at radius 3 is 2.19 bits per heavy atom. The molecule has 2 aromatic carbocycles. The van der Waals surface area contributed by atoms with Gasteiger partial charge in [-0.3, -0.25) is 0 Å². The largest absolute Gasteiger partial charge is 0.519 e. The molecule has 0 saturated heterocycles. The molecule has 6 nitrogen and oxygen atoms in total. The lowest BCUT2D eigenvalue weighted by molar-refractivity contribution is 0.151. The first-order chi connectivity index (χ1) is 15.1. The molecule has 1 heterocycles. The second-order valence-corrected chi connectivity index (χ2v) is 7.63.